The molecule has 0 bridgehead atoms. The van der Waals surface area contributed by atoms with Crippen LogP contribution in [0.3, 0.4) is 0 Å². The third-order valence-corrected chi connectivity index (χ3v) is 5.83. The van der Waals surface area contributed by atoms with Crippen molar-refractivity contribution in [3.05, 3.63) is 63.6 Å². The third kappa shape index (κ3) is 2.63. The smallest absolute Gasteiger partial charge is 0.184 e. The minimum atomic E-state index is 0.355. The highest BCUT2D eigenvalue weighted by Crippen LogP contribution is 2.36. The number of nitrogens with zero attached hydrogens (tertiary/aromatic N) is 2. The first-order valence-electron chi connectivity index (χ1n) is 7.05. The molecule has 3 nitrogen and oxygen atoms in total. The van der Waals surface area contributed by atoms with Crippen LogP contribution in [-0.4, -0.2) is 15.2 Å². The highest BCUT2D eigenvalue weighted by Gasteiger charge is 2.26. The van der Waals surface area contributed by atoms with Gasteiger partial charge in [-0.25, -0.2) is 4.98 Å². The van der Waals surface area contributed by atoms with Gasteiger partial charge in [-0.15, -0.1) is 11.3 Å². The van der Waals surface area contributed by atoms with E-state index in [1.165, 1.54) is 16.0 Å². The van der Waals surface area contributed by atoms with Crippen molar-refractivity contribution in [2.24, 2.45) is 0 Å². The van der Waals surface area contributed by atoms with Crippen molar-refractivity contribution in [3.8, 4) is 0 Å². The zero-order valence-corrected chi connectivity index (χ0v) is 13.1. The number of aromatic amines is 1. The number of hydrogen-bond acceptors (Lipinski definition) is 4. The minimum absolute atomic E-state index is 0.355. The van der Waals surface area contributed by atoms with Crippen molar-refractivity contribution >= 4 is 23.1 Å². The summed E-state index contributed by atoms with van der Waals surface area (Å²) in [5.74, 6) is 2.25. The largest absolute Gasteiger partial charge is 0.254 e. The Bertz CT molecular complexity index is 734. The predicted molar refractivity (Wildman–Crippen MR) is 86.9 cm³/mol. The molecular formula is C16H15N3S2. The third-order valence-electron chi connectivity index (χ3n) is 3.86. The molecule has 4 rings (SSSR count). The molecule has 1 aliphatic rings. The molecule has 106 valence electrons. The van der Waals surface area contributed by atoms with Crippen LogP contribution in [0.5, 0.6) is 0 Å². The Morgan fingerprint density at radius 1 is 1.24 bits per heavy atom. The Kier molecular flexibility index (Phi) is 3.53. The van der Waals surface area contributed by atoms with E-state index in [9.17, 15) is 0 Å². The van der Waals surface area contributed by atoms with E-state index in [0.717, 1.165) is 29.6 Å². The van der Waals surface area contributed by atoms with Gasteiger partial charge in [0.15, 0.2) is 11.0 Å². The summed E-state index contributed by atoms with van der Waals surface area (Å²) in [7, 11) is 0. The fraction of sp³-hybridized carbons (Fsp3) is 0.250. The zero-order valence-electron chi connectivity index (χ0n) is 11.5. The molecule has 21 heavy (non-hydrogen) atoms. The van der Waals surface area contributed by atoms with Gasteiger partial charge in [0.05, 0.1) is 0 Å². The van der Waals surface area contributed by atoms with Crippen molar-refractivity contribution in [2.75, 3.05) is 0 Å². The number of H-pyrrole nitrogens is 1. The molecule has 1 aromatic carbocycles. The quantitative estimate of drug-likeness (QED) is 0.733. The molecule has 0 fully saturated rings. The summed E-state index contributed by atoms with van der Waals surface area (Å²) in [6, 6.07) is 12.9. The highest BCUT2D eigenvalue weighted by atomic mass is 32.2. The van der Waals surface area contributed by atoms with E-state index in [4.69, 9.17) is 4.98 Å². The summed E-state index contributed by atoms with van der Waals surface area (Å²) in [5, 5.41) is 10.6. The van der Waals surface area contributed by atoms with Gasteiger partial charge in [0.25, 0.3) is 0 Å². The zero-order chi connectivity index (χ0) is 14.1. The topological polar surface area (TPSA) is 41.6 Å². The molecule has 5 heteroatoms. The molecule has 1 atom stereocenters. The predicted octanol–water partition coefficient (Wildman–Crippen LogP) is 4.24. The number of benzene rings is 1. The van der Waals surface area contributed by atoms with Crippen LogP contribution >= 0.6 is 23.1 Å². The summed E-state index contributed by atoms with van der Waals surface area (Å²) < 4.78 is 0. The van der Waals surface area contributed by atoms with Crippen LogP contribution in [-0.2, 0) is 12.2 Å². The fourth-order valence-electron chi connectivity index (χ4n) is 2.84. The van der Waals surface area contributed by atoms with Crippen LogP contribution in [0.4, 0.5) is 0 Å². The van der Waals surface area contributed by atoms with Gasteiger partial charge in [0.1, 0.15) is 0 Å². The van der Waals surface area contributed by atoms with E-state index in [2.05, 4.69) is 52.0 Å². The van der Waals surface area contributed by atoms with Gasteiger partial charge >= 0.3 is 0 Å². The van der Waals surface area contributed by atoms with Gasteiger partial charge in [0, 0.05) is 16.5 Å². The maximum absolute atomic E-state index is 4.69. The normalized spacial score (nSPS) is 17.0. The lowest BCUT2D eigenvalue weighted by molar-refractivity contribution is 0.732. The highest BCUT2D eigenvalue weighted by molar-refractivity contribution is 7.98. The minimum Gasteiger partial charge on any atom is -0.254 e. The Labute approximate surface area is 131 Å². The Morgan fingerprint density at radius 2 is 2.19 bits per heavy atom. The number of thiophene rings is 1. The molecule has 3 aromatic rings. The van der Waals surface area contributed by atoms with E-state index in [0.29, 0.717) is 5.92 Å². The Hall–Kier alpha value is -1.59. The number of hydrogen-bond donors (Lipinski definition) is 1. The van der Waals surface area contributed by atoms with Gasteiger partial charge in [-0.1, -0.05) is 42.1 Å². The van der Waals surface area contributed by atoms with Crippen molar-refractivity contribution in [3.63, 3.8) is 0 Å². The first-order chi connectivity index (χ1) is 10.4. The first-order valence-corrected chi connectivity index (χ1v) is 8.92. The Morgan fingerprint density at radius 3 is 3.10 bits per heavy atom. The number of fused-ring (bicyclic) bond motifs is 1. The van der Waals surface area contributed by atoms with Crippen LogP contribution in [0.15, 0.2) is 46.9 Å². The number of aromatic nitrogens is 3. The second-order valence-electron chi connectivity index (χ2n) is 5.16. The van der Waals surface area contributed by atoms with Crippen molar-refractivity contribution in [1.29, 1.82) is 0 Å². The number of aryl methyl sites for hydroxylation is 1. The fourth-order valence-corrected chi connectivity index (χ4v) is 4.42. The SMILES string of the molecule is c1csc(CSc2nc(C3CCc4ccccc43)n[nH]2)c1. The number of thioether (sulfide) groups is 1. The molecule has 0 radical (unpaired) electrons. The van der Waals surface area contributed by atoms with Crippen LogP contribution < -0.4 is 0 Å². The van der Waals surface area contributed by atoms with E-state index < -0.39 is 0 Å². The molecule has 0 spiro atoms. The van der Waals surface area contributed by atoms with Crippen LogP contribution in [0, 0.1) is 0 Å². The van der Waals surface area contributed by atoms with Gasteiger partial charge in [0.2, 0.25) is 0 Å². The molecule has 2 heterocycles. The average Bonchev–Trinajstić information content (AvgIpc) is 3.25. The van der Waals surface area contributed by atoms with E-state index in [-0.39, 0.29) is 0 Å². The van der Waals surface area contributed by atoms with Crippen LogP contribution in [0.25, 0.3) is 0 Å². The number of rotatable bonds is 4. The van der Waals surface area contributed by atoms with E-state index in [1.54, 1.807) is 23.1 Å². The van der Waals surface area contributed by atoms with Gasteiger partial charge in [-0.05, 0) is 35.4 Å². The summed E-state index contributed by atoms with van der Waals surface area (Å²) in [6.45, 7) is 0. The van der Waals surface area contributed by atoms with E-state index in [1.807, 2.05) is 0 Å². The molecule has 0 saturated heterocycles. The lowest BCUT2D eigenvalue weighted by atomic mass is 10.0. The molecule has 0 amide bonds. The molecule has 0 saturated carbocycles. The maximum Gasteiger partial charge on any atom is 0.184 e. The van der Waals surface area contributed by atoms with Crippen LogP contribution in [0.2, 0.25) is 0 Å². The Balaban J connectivity index is 1.50. The molecule has 1 unspecified atom stereocenters. The summed E-state index contributed by atoms with van der Waals surface area (Å²) in [6.07, 6.45) is 2.25. The maximum atomic E-state index is 4.69. The second-order valence-corrected chi connectivity index (χ2v) is 7.15. The van der Waals surface area contributed by atoms with Gasteiger partial charge in [-0.2, -0.15) is 5.10 Å². The lowest BCUT2D eigenvalue weighted by Crippen LogP contribution is -1.98. The molecule has 1 aliphatic carbocycles. The summed E-state index contributed by atoms with van der Waals surface area (Å²) >= 11 is 3.50. The molecule has 1 N–H and O–H groups in total. The number of nitrogens with one attached hydrogen (secondary N) is 1. The van der Waals surface area contributed by atoms with Gasteiger partial charge < -0.3 is 0 Å². The lowest BCUT2D eigenvalue weighted by Gasteiger charge is -2.06. The second kappa shape index (κ2) is 5.66. The monoisotopic (exact) mass is 313 g/mol. The van der Waals surface area contributed by atoms with Gasteiger partial charge in [-0.3, -0.25) is 5.10 Å². The summed E-state index contributed by atoms with van der Waals surface area (Å²) in [5.41, 5.74) is 2.84. The van der Waals surface area contributed by atoms with Crippen molar-refractivity contribution in [2.45, 2.75) is 29.7 Å². The first kappa shape index (κ1) is 13.1. The van der Waals surface area contributed by atoms with E-state index >= 15 is 0 Å². The van der Waals surface area contributed by atoms with Crippen LogP contribution in [0.1, 0.15) is 34.2 Å². The molecule has 0 aliphatic heterocycles. The average molecular weight is 313 g/mol. The molecular weight excluding hydrogens is 298 g/mol. The van der Waals surface area contributed by atoms with Crippen molar-refractivity contribution in [1.82, 2.24) is 15.2 Å². The molecule has 2 aromatic heterocycles. The standard InChI is InChI=1S/C16H15N3S2/c1-2-6-13-11(4-1)7-8-14(13)15-17-16(19-18-15)21-10-12-5-3-9-20-12/h1-6,9,14H,7-8,10H2,(H,17,18,19). The van der Waals surface area contributed by atoms with Crippen molar-refractivity contribution < 1.29 is 0 Å². The summed E-state index contributed by atoms with van der Waals surface area (Å²) in [4.78, 5) is 6.06.